The second kappa shape index (κ2) is 5.00. The van der Waals surface area contributed by atoms with Crippen LogP contribution in [0, 0.1) is 0 Å². The van der Waals surface area contributed by atoms with Crippen LogP contribution in [0.4, 0.5) is 0 Å². The largest absolute Gasteiger partial charge is 0.423 e. The summed E-state index contributed by atoms with van der Waals surface area (Å²) in [4.78, 5) is 0. The Morgan fingerprint density at radius 3 is 2.44 bits per heavy atom. The van der Waals surface area contributed by atoms with Crippen molar-refractivity contribution < 1.29 is 4.42 Å². The van der Waals surface area contributed by atoms with E-state index in [0.29, 0.717) is 12.4 Å². The normalized spacial score (nSPS) is 20.0. The molecule has 102 valence electrons. The van der Waals surface area contributed by atoms with E-state index in [1.54, 1.807) is 0 Å². The summed E-state index contributed by atoms with van der Waals surface area (Å²) in [6, 6.07) is 0. The van der Waals surface area contributed by atoms with E-state index < -0.39 is 0 Å². The first kappa shape index (κ1) is 13.5. The van der Waals surface area contributed by atoms with Crippen LogP contribution < -0.4 is 5.32 Å². The van der Waals surface area contributed by atoms with Crippen LogP contribution in [-0.2, 0) is 12.0 Å². The number of aromatic nitrogens is 2. The molecule has 0 radical (unpaired) electrons. The van der Waals surface area contributed by atoms with Crippen molar-refractivity contribution in [3.05, 3.63) is 11.8 Å². The van der Waals surface area contributed by atoms with Gasteiger partial charge in [-0.05, 0) is 33.6 Å². The Hall–Kier alpha value is -0.900. The van der Waals surface area contributed by atoms with Gasteiger partial charge in [-0.15, -0.1) is 10.2 Å². The second-order valence-corrected chi connectivity index (χ2v) is 6.73. The number of rotatable bonds is 3. The third-order valence-electron chi connectivity index (χ3n) is 3.71. The van der Waals surface area contributed by atoms with E-state index in [0.717, 1.165) is 5.89 Å². The average molecular weight is 251 g/mol. The zero-order chi connectivity index (χ0) is 13.2. The molecule has 0 amide bonds. The highest BCUT2D eigenvalue weighted by Crippen LogP contribution is 2.38. The van der Waals surface area contributed by atoms with Crippen molar-refractivity contribution in [1.29, 1.82) is 0 Å². The molecule has 0 aliphatic heterocycles. The highest BCUT2D eigenvalue weighted by molar-refractivity contribution is 5.03. The molecule has 1 aromatic rings. The molecule has 0 bridgehead atoms. The molecule has 1 aliphatic rings. The van der Waals surface area contributed by atoms with E-state index in [4.69, 9.17) is 4.42 Å². The maximum atomic E-state index is 5.84. The highest BCUT2D eigenvalue weighted by atomic mass is 16.4. The Morgan fingerprint density at radius 1 is 1.17 bits per heavy atom. The average Bonchev–Trinajstić information content (AvgIpc) is 2.76. The summed E-state index contributed by atoms with van der Waals surface area (Å²) < 4.78 is 5.84. The van der Waals surface area contributed by atoms with Crippen LogP contribution in [0.25, 0.3) is 0 Å². The van der Waals surface area contributed by atoms with Gasteiger partial charge in [0.1, 0.15) is 0 Å². The van der Waals surface area contributed by atoms with Crippen LogP contribution in [0.15, 0.2) is 4.42 Å². The molecule has 1 aromatic heterocycles. The molecule has 0 unspecified atom stereocenters. The molecule has 0 aromatic carbocycles. The van der Waals surface area contributed by atoms with E-state index in [1.807, 2.05) is 0 Å². The molecule has 4 nitrogen and oxygen atoms in total. The molecular formula is C14H25N3O. The Morgan fingerprint density at radius 2 is 1.83 bits per heavy atom. The van der Waals surface area contributed by atoms with Gasteiger partial charge in [-0.1, -0.05) is 26.2 Å². The van der Waals surface area contributed by atoms with Gasteiger partial charge in [0.25, 0.3) is 0 Å². The van der Waals surface area contributed by atoms with Gasteiger partial charge in [-0.3, -0.25) is 0 Å². The summed E-state index contributed by atoms with van der Waals surface area (Å²) in [6.07, 6.45) is 6.22. The van der Waals surface area contributed by atoms with Crippen molar-refractivity contribution in [2.75, 3.05) is 0 Å². The van der Waals surface area contributed by atoms with Crippen LogP contribution >= 0.6 is 0 Å². The Balaban J connectivity index is 2.01. The summed E-state index contributed by atoms with van der Waals surface area (Å²) in [6.45, 7) is 9.29. The fourth-order valence-corrected chi connectivity index (χ4v) is 2.46. The lowest BCUT2D eigenvalue weighted by molar-refractivity contribution is 0.248. The van der Waals surface area contributed by atoms with Gasteiger partial charge >= 0.3 is 0 Å². The summed E-state index contributed by atoms with van der Waals surface area (Å²) >= 11 is 0. The van der Waals surface area contributed by atoms with Gasteiger partial charge in [0.15, 0.2) is 0 Å². The van der Waals surface area contributed by atoms with E-state index in [1.165, 1.54) is 32.1 Å². The van der Waals surface area contributed by atoms with Crippen molar-refractivity contribution in [2.24, 2.45) is 0 Å². The third-order valence-corrected chi connectivity index (χ3v) is 3.71. The standard InChI is InChI=1S/C14H25N3O/c1-13(2,3)15-10-11-16-17-12(18-11)14(4)8-6-5-7-9-14/h15H,5-10H2,1-4H3. The maximum absolute atomic E-state index is 5.84. The fourth-order valence-electron chi connectivity index (χ4n) is 2.46. The topological polar surface area (TPSA) is 51.0 Å². The van der Waals surface area contributed by atoms with Crippen molar-refractivity contribution >= 4 is 0 Å². The fraction of sp³-hybridized carbons (Fsp3) is 0.857. The van der Waals surface area contributed by atoms with E-state index >= 15 is 0 Å². The first-order valence-corrected chi connectivity index (χ1v) is 6.97. The molecule has 1 saturated carbocycles. The molecule has 0 saturated heterocycles. The predicted octanol–water partition coefficient (Wildman–Crippen LogP) is 3.18. The number of hydrogen-bond acceptors (Lipinski definition) is 4. The van der Waals surface area contributed by atoms with Crippen LogP contribution in [-0.4, -0.2) is 15.7 Å². The smallest absolute Gasteiger partial charge is 0.230 e. The van der Waals surface area contributed by atoms with Gasteiger partial charge in [0.05, 0.1) is 6.54 Å². The van der Waals surface area contributed by atoms with Gasteiger partial charge in [0.2, 0.25) is 11.8 Å². The van der Waals surface area contributed by atoms with Crippen molar-refractivity contribution in [3.63, 3.8) is 0 Å². The zero-order valence-corrected chi connectivity index (χ0v) is 12.0. The molecule has 1 fully saturated rings. The van der Waals surface area contributed by atoms with Crippen LogP contribution in [0.3, 0.4) is 0 Å². The van der Waals surface area contributed by atoms with E-state index in [9.17, 15) is 0 Å². The summed E-state index contributed by atoms with van der Waals surface area (Å²) in [5, 5.41) is 11.8. The highest BCUT2D eigenvalue weighted by Gasteiger charge is 2.34. The van der Waals surface area contributed by atoms with Gasteiger partial charge < -0.3 is 9.73 Å². The molecule has 4 heteroatoms. The number of hydrogen-bond donors (Lipinski definition) is 1. The van der Waals surface area contributed by atoms with Crippen LogP contribution in [0.5, 0.6) is 0 Å². The number of nitrogens with one attached hydrogen (secondary N) is 1. The minimum Gasteiger partial charge on any atom is -0.423 e. The van der Waals surface area contributed by atoms with Crippen molar-refractivity contribution in [3.8, 4) is 0 Å². The Labute approximate surface area is 110 Å². The quantitative estimate of drug-likeness (QED) is 0.896. The molecule has 0 spiro atoms. The van der Waals surface area contributed by atoms with Crippen molar-refractivity contribution in [1.82, 2.24) is 15.5 Å². The third kappa shape index (κ3) is 3.31. The molecule has 18 heavy (non-hydrogen) atoms. The minimum atomic E-state index is 0.0728. The molecule has 0 atom stereocenters. The zero-order valence-electron chi connectivity index (χ0n) is 12.0. The summed E-state index contributed by atoms with van der Waals surface area (Å²) in [5.74, 6) is 1.53. The summed E-state index contributed by atoms with van der Waals surface area (Å²) in [7, 11) is 0. The molecular weight excluding hydrogens is 226 g/mol. The SMILES string of the molecule is CC(C)(C)NCc1nnc(C2(C)CCCCC2)o1. The van der Waals surface area contributed by atoms with Crippen molar-refractivity contribution in [2.45, 2.75) is 77.3 Å². The first-order valence-electron chi connectivity index (χ1n) is 6.97. The van der Waals surface area contributed by atoms with Crippen LogP contribution in [0.1, 0.15) is 71.6 Å². The van der Waals surface area contributed by atoms with E-state index in [-0.39, 0.29) is 11.0 Å². The summed E-state index contributed by atoms with van der Waals surface area (Å²) in [5.41, 5.74) is 0.175. The molecule has 1 heterocycles. The lowest BCUT2D eigenvalue weighted by Crippen LogP contribution is -2.35. The van der Waals surface area contributed by atoms with Gasteiger partial charge in [-0.2, -0.15) is 0 Å². The molecule has 2 rings (SSSR count). The Kier molecular flexibility index (Phi) is 3.76. The minimum absolute atomic E-state index is 0.0728. The lowest BCUT2D eigenvalue weighted by Gasteiger charge is -2.29. The van der Waals surface area contributed by atoms with E-state index in [2.05, 4.69) is 43.2 Å². The van der Waals surface area contributed by atoms with Crippen LogP contribution in [0.2, 0.25) is 0 Å². The second-order valence-electron chi connectivity index (χ2n) is 6.73. The van der Waals surface area contributed by atoms with Gasteiger partial charge in [-0.25, -0.2) is 0 Å². The predicted molar refractivity (Wildman–Crippen MR) is 71.3 cm³/mol. The van der Waals surface area contributed by atoms with Gasteiger partial charge in [0, 0.05) is 11.0 Å². The molecule has 1 aliphatic carbocycles. The molecule has 1 N–H and O–H groups in total. The first-order chi connectivity index (χ1) is 8.39. The number of nitrogens with zero attached hydrogens (tertiary/aromatic N) is 2. The lowest BCUT2D eigenvalue weighted by atomic mass is 9.76. The Bertz CT molecular complexity index is 386. The monoisotopic (exact) mass is 251 g/mol. The maximum Gasteiger partial charge on any atom is 0.230 e.